The number of alkyl halides is 3. The van der Waals surface area contributed by atoms with Gasteiger partial charge in [0.2, 0.25) is 0 Å². The molecule has 0 aliphatic carbocycles. The van der Waals surface area contributed by atoms with Gasteiger partial charge in [0.15, 0.2) is 5.78 Å². The summed E-state index contributed by atoms with van der Waals surface area (Å²) >= 11 is 5.65. The smallest absolute Gasteiger partial charge is 0.179 e. The molecule has 0 unspecified atom stereocenters. The number of ketones is 1. The molecule has 0 amide bonds. The highest BCUT2D eigenvalue weighted by Gasteiger charge is 2.40. The van der Waals surface area contributed by atoms with Crippen LogP contribution in [-0.2, 0) is 0 Å². The maximum atomic E-state index is 12.7. The van der Waals surface area contributed by atoms with Crippen LogP contribution in [0.15, 0.2) is 18.2 Å². The van der Waals surface area contributed by atoms with Crippen molar-refractivity contribution in [2.75, 3.05) is 25.8 Å². The van der Waals surface area contributed by atoms with Gasteiger partial charge in [-0.2, -0.15) is 0 Å². The van der Waals surface area contributed by atoms with E-state index in [-0.39, 0.29) is 16.3 Å². The van der Waals surface area contributed by atoms with Gasteiger partial charge in [-0.1, -0.05) is 11.6 Å². The SMILES string of the molecule is Nc1ccc(Cl)cc1C(=O)C(CF)(CF)CF. The summed E-state index contributed by atoms with van der Waals surface area (Å²) in [6.07, 6.45) is 0. The molecule has 0 aliphatic heterocycles. The van der Waals surface area contributed by atoms with E-state index in [0.717, 1.165) is 0 Å². The van der Waals surface area contributed by atoms with Crippen molar-refractivity contribution in [3.63, 3.8) is 0 Å². The molecule has 0 bridgehead atoms. The van der Waals surface area contributed by atoms with Crippen molar-refractivity contribution < 1.29 is 18.0 Å². The fourth-order valence-corrected chi connectivity index (χ4v) is 1.47. The molecule has 2 N–H and O–H groups in total. The number of anilines is 1. The molecule has 0 aromatic heterocycles. The minimum Gasteiger partial charge on any atom is -0.398 e. The summed E-state index contributed by atoms with van der Waals surface area (Å²) in [7, 11) is 0. The molecule has 0 fully saturated rings. The highest BCUT2D eigenvalue weighted by atomic mass is 35.5. The maximum Gasteiger partial charge on any atom is 0.179 e. The molecule has 0 saturated carbocycles. The van der Waals surface area contributed by atoms with Crippen molar-refractivity contribution in [1.82, 2.24) is 0 Å². The van der Waals surface area contributed by atoms with Crippen LogP contribution in [0.2, 0.25) is 5.02 Å². The Labute approximate surface area is 102 Å². The van der Waals surface area contributed by atoms with Crippen LogP contribution in [0.25, 0.3) is 0 Å². The third-order valence-corrected chi connectivity index (χ3v) is 2.74. The number of nitrogen functional groups attached to an aromatic ring is 1. The van der Waals surface area contributed by atoms with E-state index in [4.69, 9.17) is 17.3 Å². The molecule has 6 heteroatoms. The van der Waals surface area contributed by atoms with E-state index in [0.29, 0.717) is 0 Å². The lowest BCUT2D eigenvalue weighted by atomic mass is 9.83. The number of halogens is 4. The Hall–Kier alpha value is -1.23. The van der Waals surface area contributed by atoms with Crippen molar-refractivity contribution in [3.05, 3.63) is 28.8 Å². The zero-order chi connectivity index (χ0) is 13.1. The van der Waals surface area contributed by atoms with Crippen LogP contribution in [0.5, 0.6) is 0 Å². The molecular formula is C11H11ClF3NO. The minimum absolute atomic E-state index is 0.0131. The lowest BCUT2D eigenvalue weighted by Gasteiger charge is -2.23. The van der Waals surface area contributed by atoms with Crippen LogP contribution < -0.4 is 5.73 Å². The molecule has 0 radical (unpaired) electrons. The monoisotopic (exact) mass is 265 g/mol. The summed E-state index contributed by atoms with van der Waals surface area (Å²) in [6, 6.07) is 3.93. The predicted octanol–water partition coefficient (Wildman–Crippen LogP) is 3.00. The van der Waals surface area contributed by atoms with Gasteiger partial charge < -0.3 is 5.73 Å². The Balaban J connectivity index is 3.23. The maximum absolute atomic E-state index is 12.7. The Morgan fingerprint density at radius 1 is 1.24 bits per heavy atom. The van der Waals surface area contributed by atoms with Gasteiger partial charge in [0.25, 0.3) is 0 Å². The number of carbonyl (C=O) groups excluding carboxylic acids is 1. The number of Topliss-reactive ketones (excluding diaryl/α,β-unsaturated/α-hetero) is 1. The highest BCUT2D eigenvalue weighted by molar-refractivity contribution is 6.31. The first-order valence-electron chi connectivity index (χ1n) is 4.78. The second kappa shape index (κ2) is 5.40. The van der Waals surface area contributed by atoms with Crippen LogP contribution in [0, 0.1) is 5.41 Å². The van der Waals surface area contributed by atoms with E-state index < -0.39 is 31.2 Å². The van der Waals surface area contributed by atoms with Gasteiger partial charge in [-0.25, -0.2) is 13.2 Å². The summed E-state index contributed by atoms with van der Waals surface area (Å²) in [5, 5.41) is 0.188. The van der Waals surface area contributed by atoms with E-state index in [9.17, 15) is 18.0 Å². The largest absolute Gasteiger partial charge is 0.398 e. The topological polar surface area (TPSA) is 43.1 Å². The summed E-state index contributed by atoms with van der Waals surface area (Å²) in [5.41, 5.74) is 3.05. The lowest BCUT2D eigenvalue weighted by molar-refractivity contribution is 0.0600. The summed E-state index contributed by atoms with van der Waals surface area (Å²) < 4.78 is 38.1. The van der Waals surface area contributed by atoms with E-state index in [2.05, 4.69) is 0 Å². The van der Waals surface area contributed by atoms with Crippen LogP contribution in [0.4, 0.5) is 18.9 Å². The average molecular weight is 266 g/mol. The van der Waals surface area contributed by atoms with E-state index >= 15 is 0 Å². The molecule has 1 aromatic carbocycles. The van der Waals surface area contributed by atoms with Gasteiger partial charge in [-0.05, 0) is 18.2 Å². The number of hydrogen-bond acceptors (Lipinski definition) is 2. The quantitative estimate of drug-likeness (QED) is 0.657. The first-order valence-corrected chi connectivity index (χ1v) is 5.16. The van der Waals surface area contributed by atoms with Gasteiger partial charge in [0.1, 0.15) is 25.4 Å². The van der Waals surface area contributed by atoms with Gasteiger partial charge in [-0.3, -0.25) is 4.79 Å². The fourth-order valence-electron chi connectivity index (χ4n) is 1.30. The zero-order valence-corrected chi connectivity index (χ0v) is 9.61. The molecule has 2 nitrogen and oxygen atoms in total. The normalized spacial score (nSPS) is 11.5. The number of hydrogen-bond donors (Lipinski definition) is 1. The highest BCUT2D eigenvalue weighted by Crippen LogP contribution is 2.29. The fraction of sp³-hybridized carbons (Fsp3) is 0.364. The van der Waals surface area contributed by atoms with E-state index in [1.165, 1.54) is 18.2 Å². The van der Waals surface area contributed by atoms with Crippen molar-refractivity contribution in [3.8, 4) is 0 Å². The van der Waals surface area contributed by atoms with Crippen molar-refractivity contribution in [1.29, 1.82) is 0 Å². The number of benzene rings is 1. The van der Waals surface area contributed by atoms with Gasteiger partial charge in [0, 0.05) is 16.3 Å². The molecule has 0 saturated heterocycles. The van der Waals surface area contributed by atoms with Crippen molar-refractivity contribution in [2.45, 2.75) is 0 Å². The molecule has 94 valence electrons. The van der Waals surface area contributed by atoms with Gasteiger partial charge in [0.05, 0.1) is 0 Å². The Morgan fingerprint density at radius 3 is 2.24 bits per heavy atom. The third-order valence-electron chi connectivity index (χ3n) is 2.51. The molecule has 1 aromatic rings. The molecule has 1 rings (SSSR count). The average Bonchev–Trinajstić information content (AvgIpc) is 2.35. The summed E-state index contributed by atoms with van der Waals surface area (Å²) in [4.78, 5) is 11.9. The first-order chi connectivity index (χ1) is 8.00. The Morgan fingerprint density at radius 2 is 1.76 bits per heavy atom. The molecule has 0 aliphatic rings. The predicted molar refractivity (Wildman–Crippen MR) is 60.6 cm³/mol. The summed E-state index contributed by atoms with van der Waals surface area (Å²) in [6.45, 7) is -4.28. The molecule has 0 spiro atoms. The van der Waals surface area contributed by atoms with Crippen LogP contribution in [-0.4, -0.2) is 25.8 Å². The number of rotatable bonds is 5. The molecular weight excluding hydrogens is 255 g/mol. The first kappa shape index (κ1) is 13.8. The number of carbonyl (C=O) groups is 1. The van der Waals surface area contributed by atoms with E-state index in [1.54, 1.807) is 0 Å². The molecule has 17 heavy (non-hydrogen) atoms. The molecule has 0 heterocycles. The second-order valence-electron chi connectivity index (χ2n) is 3.74. The van der Waals surface area contributed by atoms with Gasteiger partial charge in [-0.15, -0.1) is 0 Å². The van der Waals surface area contributed by atoms with E-state index in [1.807, 2.05) is 0 Å². The number of nitrogens with two attached hydrogens (primary N) is 1. The Bertz CT molecular complexity index is 413. The lowest BCUT2D eigenvalue weighted by Crippen LogP contribution is -2.38. The standard InChI is InChI=1S/C11H11ClF3NO/c12-7-1-2-9(16)8(3-7)10(17)11(4-13,5-14)6-15/h1-3H,4-6,16H2. The Kier molecular flexibility index (Phi) is 4.40. The molecule has 0 atom stereocenters. The van der Waals surface area contributed by atoms with Crippen molar-refractivity contribution >= 4 is 23.1 Å². The van der Waals surface area contributed by atoms with Crippen LogP contribution in [0.1, 0.15) is 10.4 Å². The second-order valence-corrected chi connectivity index (χ2v) is 4.18. The van der Waals surface area contributed by atoms with Crippen molar-refractivity contribution in [2.24, 2.45) is 5.41 Å². The van der Waals surface area contributed by atoms with Crippen LogP contribution in [0.3, 0.4) is 0 Å². The zero-order valence-electron chi connectivity index (χ0n) is 8.85. The third kappa shape index (κ3) is 2.54. The van der Waals surface area contributed by atoms with Crippen LogP contribution >= 0.6 is 11.6 Å². The van der Waals surface area contributed by atoms with Gasteiger partial charge >= 0.3 is 0 Å². The summed E-state index contributed by atoms with van der Waals surface area (Å²) in [5.74, 6) is -1.01. The minimum atomic E-state index is -2.31.